The topological polar surface area (TPSA) is 119 Å². The molecular formula is C25H29N5O4S. The fourth-order valence-electron chi connectivity index (χ4n) is 4.54. The van der Waals surface area contributed by atoms with Crippen LogP contribution in [0, 0.1) is 22.7 Å². The molecule has 2 bridgehead atoms. The van der Waals surface area contributed by atoms with Crippen LogP contribution in [0.4, 0.5) is 0 Å². The summed E-state index contributed by atoms with van der Waals surface area (Å²) >= 11 is 0. The zero-order valence-corrected chi connectivity index (χ0v) is 20.3. The van der Waals surface area contributed by atoms with Crippen LogP contribution >= 0.6 is 0 Å². The third kappa shape index (κ3) is 6.79. The minimum Gasteiger partial charge on any atom is -0.494 e. The molecule has 0 aromatic heterocycles. The van der Waals surface area contributed by atoms with Crippen molar-refractivity contribution in [3.8, 4) is 17.9 Å². The molecule has 35 heavy (non-hydrogen) atoms. The van der Waals surface area contributed by atoms with Crippen LogP contribution in [0.3, 0.4) is 0 Å². The number of sulfonamides is 1. The summed E-state index contributed by atoms with van der Waals surface area (Å²) < 4.78 is 39.7. The van der Waals surface area contributed by atoms with Crippen molar-refractivity contribution in [3.63, 3.8) is 0 Å². The molecule has 2 aliphatic rings. The Morgan fingerprint density at radius 3 is 2.26 bits per heavy atom. The third-order valence-corrected chi connectivity index (χ3v) is 7.64. The Hall–Kier alpha value is -2.99. The van der Waals surface area contributed by atoms with Crippen molar-refractivity contribution in [2.24, 2.45) is 0 Å². The number of ether oxygens (including phenoxy) is 2. The number of rotatable bonds is 10. The van der Waals surface area contributed by atoms with Gasteiger partial charge in [0.25, 0.3) is 0 Å². The van der Waals surface area contributed by atoms with Gasteiger partial charge in [-0.05, 0) is 42.8 Å². The molecule has 0 amide bonds. The molecule has 2 heterocycles. The molecule has 9 nitrogen and oxygen atoms in total. The van der Waals surface area contributed by atoms with Gasteiger partial charge in [-0.25, -0.2) is 13.1 Å². The molecule has 2 aliphatic heterocycles. The van der Waals surface area contributed by atoms with Crippen LogP contribution in [0.1, 0.15) is 17.5 Å². The zero-order chi connectivity index (χ0) is 24.7. The molecule has 0 aliphatic carbocycles. The largest absolute Gasteiger partial charge is 0.494 e. The van der Waals surface area contributed by atoms with Crippen LogP contribution in [0.15, 0.2) is 53.4 Å². The van der Waals surface area contributed by atoms with E-state index in [0.717, 1.165) is 44.9 Å². The van der Waals surface area contributed by atoms with Crippen molar-refractivity contribution in [3.05, 3.63) is 59.7 Å². The Bertz CT molecular complexity index is 1180. The summed E-state index contributed by atoms with van der Waals surface area (Å²) in [5, 5.41) is 18.0. The highest BCUT2D eigenvalue weighted by Crippen LogP contribution is 2.20. The number of nitrogens with zero attached hydrogens (tertiary/aromatic N) is 4. The highest BCUT2D eigenvalue weighted by atomic mass is 32.2. The van der Waals surface area contributed by atoms with Crippen molar-refractivity contribution in [2.75, 3.05) is 52.4 Å². The molecule has 184 valence electrons. The maximum absolute atomic E-state index is 12.6. The standard InChI is InChI=1S/C25H29N5O4S/c26-14-20-6-8-22(9-7-20)33-13-3-11-29-16-23-18-30(19-24(17-29)34-23)12-10-28-35(31,32)25-5-2-1-4-21(25)15-27/h1-2,4-9,23-24,28H,3,10-13,16-19H2. The van der Waals surface area contributed by atoms with Gasteiger partial charge in [0, 0.05) is 45.8 Å². The van der Waals surface area contributed by atoms with E-state index in [4.69, 9.17) is 14.7 Å². The molecule has 1 N–H and O–H groups in total. The van der Waals surface area contributed by atoms with Gasteiger partial charge in [-0.1, -0.05) is 12.1 Å². The first kappa shape index (κ1) is 25.1. The summed E-state index contributed by atoms with van der Waals surface area (Å²) in [6.07, 6.45) is 1.09. The molecule has 0 radical (unpaired) electrons. The van der Waals surface area contributed by atoms with Gasteiger partial charge in [0.15, 0.2) is 0 Å². The van der Waals surface area contributed by atoms with Gasteiger partial charge >= 0.3 is 0 Å². The summed E-state index contributed by atoms with van der Waals surface area (Å²) in [4.78, 5) is 4.66. The van der Waals surface area contributed by atoms with Crippen molar-refractivity contribution in [1.82, 2.24) is 14.5 Å². The zero-order valence-electron chi connectivity index (χ0n) is 19.5. The fraction of sp³-hybridized carbons (Fsp3) is 0.440. The molecule has 2 aromatic carbocycles. The van der Waals surface area contributed by atoms with E-state index in [2.05, 4.69) is 20.6 Å². The van der Waals surface area contributed by atoms with E-state index in [9.17, 15) is 13.7 Å². The lowest BCUT2D eigenvalue weighted by atomic mass is 10.1. The minimum absolute atomic E-state index is 0.0140. The van der Waals surface area contributed by atoms with E-state index in [1.165, 1.54) is 12.1 Å². The normalized spacial score (nSPS) is 20.6. The summed E-state index contributed by atoms with van der Waals surface area (Å²) in [5.41, 5.74) is 0.760. The number of nitrogens with one attached hydrogen (secondary N) is 1. The van der Waals surface area contributed by atoms with E-state index in [0.29, 0.717) is 18.7 Å². The second-order valence-corrected chi connectivity index (χ2v) is 10.5. The number of morpholine rings is 2. The third-order valence-electron chi connectivity index (χ3n) is 6.12. The summed E-state index contributed by atoms with van der Waals surface area (Å²) in [6, 6.07) is 17.4. The highest BCUT2D eigenvalue weighted by Gasteiger charge is 2.34. The van der Waals surface area contributed by atoms with Crippen LogP contribution < -0.4 is 9.46 Å². The number of nitriles is 2. The predicted molar refractivity (Wildman–Crippen MR) is 129 cm³/mol. The van der Waals surface area contributed by atoms with Crippen molar-refractivity contribution < 1.29 is 17.9 Å². The van der Waals surface area contributed by atoms with Crippen LogP contribution in [0.5, 0.6) is 5.75 Å². The maximum atomic E-state index is 12.6. The smallest absolute Gasteiger partial charge is 0.241 e. The van der Waals surface area contributed by atoms with Gasteiger partial charge in [-0.2, -0.15) is 10.5 Å². The number of benzene rings is 2. The van der Waals surface area contributed by atoms with E-state index in [1.807, 2.05) is 18.2 Å². The van der Waals surface area contributed by atoms with Gasteiger partial charge < -0.3 is 9.47 Å². The lowest BCUT2D eigenvalue weighted by molar-refractivity contribution is -0.138. The monoisotopic (exact) mass is 495 g/mol. The highest BCUT2D eigenvalue weighted by molar-refractivity contribution is 7.89. The number of hydrogen-bond acceptors (Lipinski definition) is 8. The minimum atomic E-state index is -3.73. The molecule has 2 saturated heterocycles. The van der Waals surface area contributed by atoms with Crippen molar-refractivity contribution >= 4 is 10.0 Å². The maximum Gasteiger partial charge on any atom is 0.241 e. The lowest BCUT2D eigenvalue weighted by Crippen LogP contribution is -2.60. The molecule has 2 fully saturated rings. The SMILES string of the molecule is N#Cc1ccc(OCCCN2CC3CN(CCNS(=O)(=O)c4ccccc4C#N)CC(C2)O3)cc1. The summed E-state index contributed by atoms with van der Waals surface area (Å²) in [7, 11) is -3.73. The molecule has 10 heteroatoms. The molecule has 0 saturated carbocycles. The molecule has 2 aromatic rings. The Balaban J connectivity index is 1.17. The average Bonchev–Trinajstić information content (AvgIpc) is 2.86. The molecule has 0 spiro atoms. The van der Waals surface area contributed by atoms with E-state index >= 15 is 0 Å². The van der Waals surface area contributed by atoms with Crippen LogP contribution in [0.25, 0.3) is 0 Å². The second-order valence-electron chi connectivity index (χ2n) is 8.74. The molecule has 2 atom stereocenters. The van der Waals surface area contributed by atoms with Gasteiger partial charge in [0.1, 0.15) is 11.8 Å². The van der Waals surface area contributed by atoms with Gasteiger partial charge in [-0.3, -0.25) is 9.80 Å². The first-order chi connectivity index (χ1) is 17.0. The van der Waals surface area contributed by atoms with E-state index in [-0.39, 0.29) is 29.2 Å². The van der Waals surface area contributed by atoms with E-state index in [1.54, 1.807) is 24.3 Å². The Morgan fingerprint density at radius 1 is 0.943 bits per heavy atom. The summed E-state index contributed by atoms with van der Waals surface area (Å²) in [6.45, 7) is 5.58. The van der Waals surface area contributed by atoms with Crippen molar-refractivity contribution in [1.29, 1.82) is 10.5 Å². The number of fused-ring (bicyclic) bond motifs is 2. The van der Waals surface area contributed by atoms with Crippen molar-refractivity contribution in [2.45, 2.75) is 23.5 Å². The molecular weight excluding hydrogens is 466 g/mol. The summed E-state index contributed by atoms with van der Waals surface area (Å²) in [5.74, 6) is 0.769. The Kier molecular flexibility index (Phi) is 8.34. The van der Waals surface area contributed by atoms with Crippen LogP contribution in [0.2, 0.25) is 0 Å². The second kappa shape index (κ2) is 11.6. The van der Waals surface area contributed by atoms with Gasteiger partial charge in [-0.15, -0.1) is 0 Å². The lowest BCUT2D eigenvalue weighted by Gasteiger charge is -2.45. The average molecular weight is 496 g/mol. The first-order valence-electron chi connectivity index (χ1n) is 11.7. The number of hydrogen-bond donors (Lipinski definition) is 1. The first-order valence-corrected chi connectivity index (χ1v) is 13.2. The Morgan fingerprint density at radius 2 is 1.60 bits per heavy atom. The van der Waals surface area contributed by atoms with E-state index < -0.39 is 10.0 Å². The van der Waals surface area contributed by atoms with Crippen LogP contribution in [-0.4, -0.2) is 82.8 Å². The van der Waals surface area contributed by atoms with Gasteiger partial charge in [0.05, 0.1) is 40.9 Å². The predicted octanol–water partition coefficient (Wildman–Crippen LogP) is 1.56. The fourth-order valence-corrected chi connectivity index (χ4v) is 5.72. The Labute approximate surface area is 206 Å². The van der Waals surface area contributed by atoms with Gasteiger partial charge in [0.2, 0.25) is 10.0 Å². The molecule has 2 unspecified atom stereocenters. The quantitative estimate of drug-likeness (QED) is 0.494. The van der Waals surface area contributed by atoms with Crippen LogP contribution in [-0.2, 0) is 14.8 Å². The molecule has 4 rings (SSSR count).